The molecule has 1 amide bonds. The summed E-state index contributed by atoms with van der Waals surface area (Å²) < 4.78 is 0. The molecule has 1 aromatic heterocycles. The predicted octanol–water partition coefficient (Wildman–Crippen LogP) is 2.61. The van der Waals surface area contributed by atoms with E-state index in [2.05, 4.69) is 33.2 Å². The Morgan fingerprint density at radius 1 is 1.47 bits per heavy atom. The quantitative estimate of drug-likeness (QED) is 0.756. The Morgan fingerprint density at radius 2 is 2.21 bits per heavy atom. The number of halogens is 1. The Labute approximate surface area is 122 Å². The van der Waals surface area contributed by atoms with Gasteiger partial charge in [0, 0.05) is 29.8 Å². The van der Waals surface area contributed by atoms with Gasteiger partial charge in [-0.3, -0.25) is 9.59 Å². The van der Waals surface area contributed by atoms with Crippen molar-refractivity contribution in [3.05, 3.63) is 33.7 Å². The third-order valence-electron chi connectivity index (χ3n) is 3.07. The van der Waals surface area contributed by atoms with Crippen LogP contribution in [-0.2, 0) is 0 Å². The van der Waals surface area contributed by atoms with Gasteiger partial charge in [-0.1, -0.05) is 29.3 Å². The summed E-state index contributed by atoms with van der Waals surface area (Å²) >= 11 is 3.42. The highest BCUT2D eigenvalue weighted by Gasteiger charge is 2.13. The van der Waals surface area contributed by atoms with E-state index in [0.717, 1.165) is 30.3 Å². The molecule has 1 rings (SSSR count). The zero-order valence-electron chi connectivity index (χ0n) is 11.5. The lowest BCUT2D eigenvalue weighted by Crippen LogP contribution is -2.32. The standard InChI is InChI=1S/C14H21BrN2O2/c1-3-4-11(5-6-15)8-17-14(19)12-9-16-10(2)7-13(12)18/h7,9,11H,3-6,8H2,1-2H3,(H,16,18)(H,17,19). The van der Waals surface area contributed by atoms with Crippen molar-refractivity contribution in [1.82, 2.24) is 10.3 Å². The van der Waals surface area contributed by atoms with Crippen LogP contribution in [0.2, 0.25) is 0 Å². The fourth-order valence-corrected chi connectivity index (χ4v) is 2.64. The molecule has 5 heteroatoms. The molecule has 4 nitrogen and oxygen atoms in total. The van der Waals surface area contributed by atoms with Crippen LogP contribution in [0, 0.1) is 12.8 Å². The number of amides is 1. The Balaban J connectivity index is 2.61. The lowest BCUT2D eigenvalue weighted by Gasteiger charge is -2.15. The third kappa shape index (κ3) is 5.19. The smallest absolute Gasteiger partial charge is 0.256 e. The van der Waals surface area contributed by atoms with E-state index in [9.17, 15) is 9.59 Å². The molecule has 0 aliphatic carbocycles. The van der Waals surface area contributed by atoms with Gasteiger partial charge >= 0.3 is 0 Å². The van der Waals surface area contributed by atoms with E-state index in [1.807, 2.05) is 0 Å². The zero-order chi connectivity index (χ0) is 14.3. The molecule has 1 unspecified atom stereocenters. The maximum atomic E-state index is 11.9. The molecular weight excluding hydrogens is 308 g/mol. The lowest BCUT2D eigenvalue weighted by molar-refractivity contribution is 0.0944. The summed E-state index contributed by atoms with van der Waals surface area (Å²) in [6, 6.07) is 1.44. The first-order chi connectivity index (χ1) is 9.08. The average molecular weight is 329 g/mol. The summed E-state index contributed by atoms with van der Waals surface area (Å²) in [6.45, 7) is 4.54. The van der Waals surface area contributed by atoms with Gasteiger partial charge in [-0.2, -0.15) is 0 Å². The second-order valence-electron chi connectivity index (χ2n) is 4.74. The minimum Gasteiger partial charge on any atom is -0.364 e. The molecule has 0 saturated carbocycles. The van der Waals surface area contributed by atoms with Crippen molar-refractivity contribution in [1.29, 1.82) is 0 Å². The van der Waals surface area contributed by atoms with Crippen LogP contribution in [0.25, 0.3) is 0 Å². The molecule has 0 saturated heterocycles. The van der Waals surface area contributed by atoms with Gasteiger partial charge in [0.05, 0.1) is 0 Å². The minimum atomic E-state index is -0.295. The zero-order valence-corrected chi connectivity index (χ0v) is 13.0. The molecule has 0 aliphatic heterocycles. The van der Waals surface area contributed by atoms with Crippen molar-refractivity contribution in [2.24, 2.45) is 5.92 Å². The summed E-state index contributed by atoms with van der Waals surface area (Å²) in [7, 11) is 0. The van der Waals surface area contributed by atoms with Crippen LogP contribution in [0.4, 0.5) is 0 Å². The summed E-state index contributed by atoms with van der Waals surface area (Å²) in [5.41, 5.74) is 0.700. The normalized spacial score (nSPS) is 12.2. The summed E-state index contributed by atoms with van der Waals surface area (Å²) in [5, 5.41) is 3.78. The van der Waals surface area contributed by atoms with Crippen molar-refractivity contribution in [3.8, 4) is 0 Å². The topological polar surface area (TPSA) is 62.0 Å². The molecule has 106 valence electrons. The van der Waals surface area contributed by atoms with Gasteiger partial charge in [-0.15, -0.1) is 0 Å². The summed E-state index contributed by atoms with van der Waals surface area (Å²) in [5.74, 6) is 0.162. The molecule has 0 bridgehead atoms. The number of carbonyl (C=O) groups excluding carboxylic acids is 1. The summed E-state index contributed by atoms with van der Waals surface area (Å²) in [6.07, 6.45) is 4.68. The van der Waals surface area contributed by atoms with Crippen molar-refractivity contribution in [3.63, 3.8) is 0 Å². The number of hydrogen-bond acceptors (Lipinski definition) is 2. The summed E-state index contributed by atoms with van der Waals surface area (Å²) in [4.78, 5) is 26.5. The second kappa shape index (κ2) is 8.15. The minimum absolute atomic E-state index is 0.180. The molecule has 1 aromatic rings. The van der Waals surface area contributed by atoms with Crippen molar-refractivity contribution in [2.75, 3.05) is 11.9 Å². The molecule has 19 heavy (non-hydrogen) atoms. The first-order valence-corrected chi connectivity index (χ1v) is 7.74. The number of aromatic amines is 1. The lowest BCUT2D eigenvalue weighted by atomic mass is 10.0. The number of pyridine rings is 1. The van der Waals surface area contributed by atoms with Gasteiger partial charge in [-0.25, -0.2) is 0 Å². The van der Waals surface area contributed by atoms with E-state index >= 15 is 0 Å². The Hall–Kier alpha value is -1.10. The number of aryl methyl sites for hydroxylation is 1. The van der Waals surface area contributed by atoms with Gasteiger partial charge in [0.15, 0.2) is 5.43 Å². The van der Waals surface area contributed by atoms with Gasteiger partial charge < -0.3 is 10.3 Å². The van der Waals surface area contributed by atoms with E-state index in [1.54, 1.807) is 6.92 Å². The molecule has 2 N–H and O–H groups in total. The second-order valence-corrected chi connectivity index (χ2v) is 5.53. The van der Waals surface area contributed by atoms with Crippen LogP contribution in [0.1, 0.15) is 42.2 Å². The Morgan fingerprint density at radius 3 is 2.79 bits per heavy atom. The highest BCUT2D eigenvalue weighted by atomic mass is 79.9. The van der Waals surface area contributed by atoms with E-state index in [0.29, 0.717) is 12.5 Å². The highest BCUT2D eigenvalue weighted by Crippen LogP contribution is 2.11. The molecule has 1 atom stereocenters. The number of H-pyrrole nitrogens is 1. The van der Waals surface area contributed by atoms with Crippen LogP contribution in [0.15, 0.2) is 17.1 Å². The molecule has 0 aromatic carbocycles. The van der Waals surface area contributed by atoms with Crippen LogP contribution in [0.5, 0.6) is 0 Å². The number of carbonyl (C=O) groups is 1. The van der Waals surface area contributed by atoms with Gasteiger partial charge in [-0.05, 0) is 25.7 Å². The maximum Gasteiger partial charge on any atom is 0.256 e. The van der Waals surface area contributed by atoms with Crippen molar-refractivity contribution < 1.29 is 4.79 Å². The van der Waals surface area contributed by atoms with Gasteiger partial charge in [0.1, 0.15) is 5.56 Å². The van der Waals surface area contributed by atoms with Crippen LogP contribution in [-0.4, -0.2) is 22.8 Å². The highest BCUT2D eigenvalue weighted by molar-refractivity contribution is 9.09. The molecule has 1 heterocycles. The maximum absolute atomic E-state index is 11.9. The van der Waals surface area contributed by atoms with Gasteiger partial charge in [0.25, 0.3) is 5.91 Å². The van der Waals surface area contributed by atoms with Crippen molar-refractivity contribution >= 4 is 21.8 Å². The fourth-order valence-electron chi connectivity index (χ4n) is 1.99. The Kier molecular flexibility index (Phi) is 6.84. The number of aromatic nitrogens is 1. The average Bonchev–Trinajstić information content (AvgIpc) is 2.36. The number of hydrogen-bond donors (Lipinski definition) is 2. The SMILES string of the molecule is CCCC(CCBr)CNC(=O)c1c[nH]c(C)cc1=O. The molecule has 0 aliphatic rings. The largest absolute Gasteiger partial charge is 0.364 e. The molecule has 0 radical (unpaired) electrons. The van der Waals surface area contributed by atoms with Crippen LogP contribution >= 0.6 is 15.9 Å². The van der Waals surface area contributed by atoms with E-state index < -0.39 is 0 Å². The molecule has 0 fully saturated rings. The molecular formula is C14H21BrN2O2. The number of alkyl halides is 1. The van der Waals surface area contributed by atoms with Crippen LogP contribution in [0.3, 0.4) is 0 Å². The first kappa shape index (κ1) is 16.0. The first-order valence-electron chi connectivity index (χ1n) is 6.62. The monoisotopic (exact) mass is 328 g/mol. The van der Waals surface area contributed by atoms with E-state index in [-0.39, 0.29) is 16.9 Å². The fraction of sp³-hybridized carbons (Fsp3) is 0.571. The van der Waals surface area contributed by atoms with Crippen molar-refractivity contribution in [2.45, 2.75) is 33.1 Å². The number of rotatable bonds is 7. The third-order valence-corrected chi connectivity index (χ3v) is 3.53. The number of nitrogens with one attached hydrogen (secondary N) is 2. The van der Waals surface area contributed by atoms with Gasteiger partial charge in [0.2, 0.25) is 0 Å². The molecule has 0 spiro atoms. The van der Waals surface area contributed by atoms with Crippen LogP contribution < -0.4 is 10.7 Å². The van der Waals surface area contributed by atoms with E-state index in [4.69, 9.17) is 0 Å². The predicted molar refractivity (Wildman–Crippen MR) is 80.9 cm³/mol. The Bertz CT molecular complexity index is 465. The van der Waals surface area contributed by atoms with E-state index in [1.165, 1.54) is 12.3 Å².